The smallest absolute Gasteiger partial charge is 0.226 e. The van der Waals surface area contributed by atoms with Crippen LogP contribution >= 0.6 is 0 Å². The van der Waals surface area contributed by atoms with Gasteiger partial charge < -0.3 is 10.0 Å². The molecule has 1 N–H and O–H groups in total. The van der Waals surface area contributed by atoms with Crippen LogP contribution in [0.4, 0.5) is 0 Å². The van der Waals surface area contributed by atoms with Crippen molar-refractivity contribution in [3.8, 4) is 0 Å². The SMILES string of the molecule is O=C(C1CC=CC1)N1CCC(CCO)C1. The van der Waals surface area contributed by atoms with Gasteiger partial charge in [0.1, 0.15) is 0 Å². The molecule has 84 valence electrons. The van der Waals surface area contributed by atoms with Gasteiger partial charge in [0.25, 0.3) is 0 Å². The minimum Gasteiger partial charge on any atom is -0.396 e. The van der Waals surface area contributed by atoms with Crippen molar-refractivity contribution >= 4 is 5.91 Å². The fourth-order valence-corrected chi connectivity index (χ4v) is 2.53. The van der Waals surface area contributed by atoms with Gasteiger partial charge >= 0.3 is 0 Å². The van der Waals surface area contributed by atoms with Gasteiger partial charge in [-0.1, -0.05) is 12.2 Å². The topological polar surface area (TPSA) is 40.5 Å². The number of likely N-dealkylation sites (tertiary alicyclic amines) is 1. The van der Waals surface area contributed by atoms with E-state index in [2.05, 4.69) is 12.2 Å². The summed E-state index contributed by atoms with van der Waals surface area (Å²) < 4.78 is 0. The standard InChI is InChI=1S/C12H19NO2/c14-8-6-10-5-7-13(9-10)12(15)11-3-1-2-4-11/h1-2,10-11,14H,3-9H2. The summed E-state index contributed by atoms with van der Waals surface area (Å²) in [4.78, 5) is 14.0. The molecule has 15 heavy (non-hydrogen) atoms. The van der Waals surface area contributed by atoms with Crippen LogP contribution in [0.15, 0.2) is 12.2 Å². The highest BCUT2D eigenvalue weighted by Gasteiger charge is 2.30. The zero-order chi connectivity index (χ0) is 10.7. The van der Waals surface area contributed by atoms with Crippen molar-refractivity contribution in [2.45, 2.75) is 25.7 Å². The molecule has 3 nitrogen and oxygen atoms in total. The van der Waals surface area contributed by atoms with Crippen molar-refractivity contribution in [3.63, 3.8) is 0 Å². The molecule has 1 amide bonds. The van der Waals surface area contributed by atoms with Gasteiger partial charge in [-0.3, -0.25) is 4.79 Å². The van der Waals surface area contributed by atoms with Gasteiger partial charge in [0.2, 0.25) is 5.91 Å². The lowest BCUT2D eigenvalue weighted by Crippen LogP contribution is -2.33. The van der Waals surface area contributed by atoms with Gasteiger partial charge in [0, 0.05) is 25.6 Å². The Balaban J connectivity index is 1.82. The Morgan fingerprint density at radius 2 is 2.13 bits per heavy atom. The third kappa shape index (κ3) is 2.40. The predicted octanol–water partition coefficient (Wildman–Crippen LogP) is 1.18. The van der Waals surface area contributed by atoms with Gasteiger partial charge in [-0.05, 0) is 31.6 Å². The second-order valence-electron chi connectivity index (χ2n) is 4.59. The Morgan fingerprint density at radius 3 is 2.80 bits per heavy atom. The summed E-state index contributed by atoms with van der Waals surface area (Å²) in [5.41, 5.74) is 0. The average Bonchev–Trinajstić information content (AvgIpc) is 2.87. The Bertz CT molecular complexity index is 254. The number of aliphatic hydroxyl groups is 1. The van der Waals surface area contributed by atoms with E-state index in [0.29, 0.717) is 11.8 Å². The number of nitrogens with zero attached hydrogens (tertiary/aromatic N) is 1. The summed E-state index contributed by atoms with van der Waals surface area (Å²) in [5, 5.41) is 8.85. The molecule has 1 unspecified atom stereocenters. The van der Waals surface area contributed by atoms with Crippen LogP contribution in [-0.2, 0) is 4.79 Å². The van der Waals surface area contributed by atoms with Crippen molar-refractivity contribution in [3.05, 3.63) is 12.2 Å². The molecule has 0 aromatic rings. The number of allylic oxidation sites excluding steroid dienone is 2. The van der Waals surface area contributed by atoms with Gasteiger partial charge in [0.05, 0.1) is 0 Å². The Labute approximate surface area is 90.8 Å². The highest BCUT2D eigenvalue weighted by Crippen LogP contribution is 2.25. The highest BCUT2D eigenvalue weighted by molar-refractivity contribution is 5.79. The molecule has 1 fully saturated rings. The summed E-state index contributed by atoms with van der Waals surface area (Å²) in [6.45, 7) is 1.99. The number of hydrogen-bond acceptors (Lipinski definition) is 2. The summed E-state index contributed by atoms with van der Waals surface area (Å²) in [5.74, 6) is 1.05. The predicted molar refractivity (Wildman–Crippen MR) is 58.3 cm³/mol. The first kappa shape index (κ1) is 10.7. The lowest BCUT2D eigenvalue weighted by Gasteiger charge is -2.20. The Kier molecular flexibility index (Phi) is 3.41. The number of amides is 1. The molecular weight excluding hydrogens is 190 g/mol. The lowest BCUT2D eigenvalue weighted by atomic mass is 10.1. The van der Waals surface area contributed by atoms with Crippen molar-refractivity contribution < 1.29 is 9.90 Å². The quantitative estimate of drug-likeness (QED) is 0.709. The van der Waals surface area contributed by atoms with Crippen molar-refractivity contribution in [1.29, 1.82) is 0 Å². The third-order valence-corrected chi connectivity index (χ3v) is 3.49. The van der Waals surface area contributed by atoms with E-state index in [-0.39, 0.29) is 12.5 Å². The van der Waals surface area contributed by atoms with E-state index in [9.17, 15) is 4.79 Å². The molecule has 0 aromatic carbocycles. The zero-order valence-corrected chi connectivity index (χ0v) is 9.06. The van der Waals surface area contributed by atoms with Gasteiger partial charge in [-0.2, -0.15) is 0 Å². The number of carbonyl (C=O) groups is 1. The fraction of sp³-hybridized carbons (Fsp3) is 0.750. The molecule has 1 atom stereocenters. The van der Waals surface area contributed by atoms with E-state index in [1.165, 1.54) is 0 Å². The van der Waals surface area contributed by atoms with Crippen molar-refractivity contribution in [2.75, 3.05) is 19.7 Å². The monoisotopic (exact) mass is 209 g/mol. The highest BCUT2D eigenvalue weighted by atomic mass is 16.3. The summed E-state index contributed by atoms with van der Waals surface area (Å²) in [6, 6.07) is 0. The zero-order valence-electron chi connectivity index (χ0n) is 9.06. The lowest BCUT2D eigenvalue weighted by molar-refractivity contribution is -0.134. The molecule has 0 spiro atoms. The molecule has 1 saturated heterocycles. The number of hydrogen-bond donors (Lipinski definition) is 1. The first-order valence-electron chi connectivity index (χ1n) is 5.86. The van der Waals surface area contributed by atoms with E-state index in [1.54, 1.807) is 0 Å². The van der Waals surface area contributed by atoms with Gasteiger partial charge in [-0.25, -0.2) is 0 Å². The molecule has 0 bridgehead atoms. The van der Waals surface area contributed by atoms with E-state index < -0.39 is 0 Å². The molecule has 1 aliphatic heterocycles. The summed E-state index contributed by atoms with van der Waals surface area (Å²) in [7, 11) is 0. The molecule has 1 aliphatic carbocycles. The largest absolute Gasteiger partial charge is 0.396 e. The number of rotatable bonds is 3. The van der Waals surface area contributed by atoms with E-state index in [1.807, 2.05) is 4.90 Å². The van der Waals surface area contributed by atoms with Crippen LogP contribution in [0.25, 0.3) is 0 Å². The van der Waals surface area contributed by atoms with Crippen LogP contribution < -0.4 is 0 Å². The molecule has 2 rings (SSSR count). The van der Waals surface area contributed by atoms with Gasteiger partial charge in [0.15, 0.2) is 0 Å². The fourth-order valence-electron chi connectivity index (χ4n) is 2.53. The first-order chi connectivity index (χ1) is 7.31. The van der Waals surface area contributed by atoms with Crippen LogP contribution in [0.3, 0.4) is 0 Å². The van der Waals surface area contributed by atoms with Crippen LogP contribution in [-0.4, -0.2) is 35.6 Å². The maximum atomic E-state index is 12.0. The van der Waals surface area contributed by atoms with E-state index >= 15 is 0 Å². The van der Waals surface area contributed by atoms with Gasteiger partial charge in [-0.15, -0.1) is 0 Å². The average molecular weight is 209 g/mol. The molecular formula is C12H19NO2. The van der Waals surface area contributed by atoms with Crippen molar-refractivity contribution in [1.82, 2.24) is 4.90 Å². The molecule has 1 heterocycles. The molecule has 0 saturated carbocycles. The van der Waals surface area contributed by atoms with Crippen LogP contribution in [0.1, 0.15) is 25.7 Å². The van der Waals surface area contributed by atoms with Crippen LogP contribution in [0, 0.1) is 11.8 Å². The maximum absolute atomic E-state index is 12.0. The molecule has 2 aliphatic rings. The van der Waals surface area contributed by atoms with E-state index in [0.717, 1.165) is 38.8 Å². The first-order valence-corrected chi connectivity index (χ1v) is 5.86. The minimum absolute atomic E-state index is 0.206. The molecule has 0 aromatic heterocycles. The second-order valence-corrected chi connectivity index (χ2v) is 4.59. The Hall–Kier alpha value is -0.830. The van der Waals surface area contributed by atoms with Crippen LogP contribution in [0.2, 0.25) is 0 Å². The minimum atomic E-state index is 0.206. The van der Waals surface area contributed by atoms with Crippen LogP contribution in [0.5, 0.6) is 0 Å². The Morgan fingerprint density at radius 1 is 1.40 bits per heavy atom. The number of aliphatic hydroxyl groups excluding tert-OH is 1. The van der Waals surface area contributed by atoms with E-state index in [4.69, 9.17) is 5.11 Å². The third-order valence-electron chi connectivity index (χ3n) is 3.49. The maximum Gasteiger partial charge on any atom is 0.226 e. The molecule has 0 radical (unpaired) electrons. The summed E-state index contributed by atoms with van der Waals surface area (Å²) in [6.07, 6.45) is 7.94. The molecule has 3 heteroatoms. The normalized spacial score (nSPS) is 26.5. The number of carbonyl (C=O) groups excluding carboxylic acids is 1. The second kappa shape index (κ2) is 4.79. The summed E-state index contributed by atoms with van der Waals surface area (Å²) >= 11 is 0. The van der Waals surface area contributed by atoms with Crippen molar-refractivity contribution in [2.24, 2.45) is 11.8 Å².